The lowest BCUT2D eigenvalue weighted by Crippen LogP contribution is -2.37. The molecule has 1 aliphatic heterocycles. The van der Waals surface area contributed by atoms with E-state index < -0.39 is 0 Å². The van der Waals surface area contributed by atoms with E-state index in [-0.39, 0.29) is 11.9 Å². The standard InChI is InChI=1S/C15H21ClN2O/c1-2-14(12-5-7-13(16)8-6-12)17-11-15(19)18-9-3-4-10-18/h5-8,14,17H,2-4,9-11H2,1H3. The van der Waals surface area contributed by atoms with E-state index in [0.717, 1.165) is 37.4 Å². The Hall–Kier alpha value is -1.06. The van der Waals surface area contributed by atoms with Crippen molar-refractivity contribution in [3.8, 4) is 0 Å². The highest BCUT2D eigenvalue weighted by molar-refractivity contribution is 6.30. The first-order valence-electron chi connectivity index (χ1n) is 6.97. The van der Waals surface area contributed by atoms with Crippen molar-refractivity contribution in [1.82, 2.24) is 10.2 Å². The highest BCUT2D eigenvalue weighted by Crippen LogP contribution is 2.19. The van der Waals surface area contributed by atoms with Gasteiger partial charge in [0.25, 0.3) is 0 Å². The van der Waals surface area contributed by atoms with E-state index in [1.807, 2.05) is 29.2 Å². The van der Waals surface area contributed by atoms with Gasteiger partial charge < -0.3 is 10.2 Å². The van der Waals surface area contributed by atoms with Gasteiger partial charge in [-0.3, -0.25) is 4.79 Å². The molecule has 1 fully saturated rings. The topological polar surface area (TPSA) is 32.3 Å². The Kier molecular flexibility index (Phi) is 5.23. The van der Waals surface area contributed by atoms with Gasteiger partial charge in [-0.15, -0.1) is 0 Å². The number of likely N-dealkylation sites (tertiary alicyclic amines) is 1. The van der Waals surface area contributed by atoms with Gasteiger partial charge in [0.15, 0.2) is 0 Å². The molecule has 1 N–H and O–H groups in total. The number of carbonyl (C=O) groups is 1. The zero-order valence-corrected chi connectivity index (χ0v) is 12.1. The van der Waals surface area contributed by atoms with E-state index in [1.165, 1.54) is 5.56 Å². The van der Waals surface area contributed by atoms with Gasteiger partial charge in [-0.25, -0.2) is 0 Å². The van der Waals surface area contributed by atoms with Crippen LogP contribution in [-0.2, 0) is 4.79 Å². The number of amides is 1. The Morgan fingerprint density at radius 1 is 1.32 bits per heavy atom. The lowest BCUT2D eigenvalue weighted by Gasteiger charge is -2.20. The Bertz CT molecular complexity index is 413. The summed E-state index contributed by atoms with van der Waals surface area (Å²) in [7, 11) is 0. The van der Waals surface area contributed by atoms with Crippen LogP contribution in [0.25, 0.3) is 0 Å². The number of halogens is 1. The number of nitrogens with one attached hydrogen (secondary N) is 1. The van der Waals surface area contributed by atoms with E-state index in [4.69, 9.17) is 11.6 Å². The van der Waals surface area contributed by atoms with Crippen LogP contribution in [0.5, 0.6) is 0 Å². The molecule has 3 nitrogen and oxygen atoms in total. The normalized spacial score (nSPS) is 16.6. The molecular weight excluding hydrogens is 260 g/mol. The van der Waals surface area contributed by atoms with Gasteiger partial charge in [0.2, 0.25) is 5.91 Å². The molecule has 0 aliphatic carbocycles. The average molecular weight is 281 g/mol. The van der Waals surface area contributed by atoms with Gasteiger partial charge in [0, 0.05) is 24.2 Å². The number of carbonyl (C=O) groups excluding carboxylic acids is 1. The maximum absolute atomic E-state index is 12.0. The molecule has 0 saturated carbocycles. The molecule has 19 heavy (non-hydrogen) atoms. The van der Waals surface area contributed by atoms with Gasteiger partial charge in [0.05, 0.1) is 6.54 Å². The van der Waals surface area contributed by atoms with Crippen LogP contribution in [-0.4, -0.2) is 30.4 Å². The summed E-state index contributed by atoms with van der Waals surface area (Å²) < 4.78 is 0. The first kappa shape index (κ1) is 14.4. The van der Waals surface area contributed by atoms with Gasteiger partial charge >= 0.3 is 0 Å². The van der Waals surface area contributed by atoms with Crippen molar-refractivity contribution in [3.63, 3.8) is 0 Å². The molecule has 104 valence electrons. The second kappa shape index (κ2) is 6.92. The molecule has 1 unspecified atom stereocenters. The van der Waals surface area contributed by atoms with Crippen molar-refractivity contribution in [1.29, 1.82) is 0 Å². The summed E-state index contributed by atoms with van der Waals surface area (Å²) in [6, 6.07) is 8.03. The third-order valence-electron chi connectivity index (χ3n) is 3.64. The number of hydrogen-bond acceptors (Lipinski definition) is 2. The summed E-state index contributed by atoms with van der Waals surface area (Å²) in [5, 5.41) is 4.09. The second-order valence-corrected chi connectivity index (χ2v) is 5.42. The van der Waals surface area contributed by atoms with Crippen molar-refractivity contribution >= 4 is 17.5 Å². The number of benzene rings is 1. The lowest BCUT2D eigenvalue weighted by molar-refractivity contribution is -0.129. The van der Waals surface area contributed by atoms with E-state index in [0.29, 0.717) is 6.54 Å². The van der Waals surface area contributed by atoms with Crippen molar-refractivity contribution in [3.05, 3.63) is 34.9 Å². The van der Waals surface area contributed by atoms with Crippen molar-refractivity contribution in [2.24, 2.45) is 0 Å². The highest BCUT2D eigenvalue weighted by Gasteiger charge is 2.18. The fourth-order valence-electron chi connectivity index (χ4n) is 2.48. The largest absolute Gasteiger partial charge is 0.342 e. The van der Waals surface area contributed by atoms with Crippen molar-refractivity contribution < 1.29 is 4.79 Å². The zero-order chi connectivity index (χ0) is 13.7. The number of nitrogens with zero attached hydrogens (tertiary/aromatic N) is 1. The van der Waals surface area contributed by atoms with Gasteiger partial charge in [-0.05, 0) is 37.0 Å². The van der Waals surface area contributed by atoms with Crippen LogP contribution in [0.15, 0.2) is 24.3 Å². The molecule has 0 radical (unpaired) electrons. The van der Waals surface area contributed by atoms with Crippen molar-refractivity contribution in [2.45, 2.75) is 32.2 Å². The van der Waals surface area contributed by atoms with Crippen LogP contribution >= 0.6 is 11.6 Å². The molecule has 1 heterocycles. The predicted octanol–water partition coefficient (Wildman–Crippen LogP) is 3.00. The third-order valence-corrected chi connectivity index (χ3v) is 3.89. The number of hydrogen-bond donors (Lipinski definition) is 1. The Morgan fingerprint density at radius 3 is 2.53 bits per heavy atom. The monoisotopic (exact) mass is 280 g/mol. The summed E-state index contributed by atoms with van der Waals surface area (Å²) >= 11 is 5.89. The van der Waals surface area contributed by atoms with E-state index in [2.05, 4.69) is 12.2 Å². The molecule has 0 aromatic heterocycles. The molecule has 1 aromatic carbocycles. The molecule has 0 bridgehead atoms. The fraction of sp³-hybridized carbons (Fsp3) is 0.533. The molecule has 1 saturated heterocycles. The minimum atomic E-state index is 0.212. The summed E-state index contributed by atoms with van der Waals surface area (Å²) in [5.74, 6) is 0.213. The Labute approximate surface area is 119 Å². The molecule has 1 aliphatic rings. The van der Waals surface area contributed by atoms with Gasteiger partial charge in [-0.2, -0.15) is 0 Å². The highest BCUT2D eigenvalue weighted by atomic mass is 35.5. The Morgan fingerprint density at radius 2 is 1.95 bits per heavy atom. The first-order valence-corrected chi connectivity index (χ1v) is 7.35. The van der Waals surface area contributed by atoms with E-state index in [1.54, 1.807) is 0 Å². The van der Waals surface area contributed by atoms with Gasteiger partial charge in [-0.1, -0.05) is 30.7 Å². The smallest absolute Gasteiger partial charge is 0.236 e. The van der Waals surface area contributed by atoms with Gasteiger partial charge in [0.1, 0.15) is 0 Å². The Balaban J connectivity index is 1.88. The molecule has 2 rings (SSSR count). The molecule has 1 amide bonds. The van der Waals surface area contributed by atoms with E-state index >= 15 is 0 Å². The number of rotatable bonds is 5. The quantitative estimate of drug-likeness (QED) is 0.899. The summed E-state index contributed by atoms with van der Waals surface area (Å²) in [4.78, 5) is 13.9. The molecule has 0 spiro atoms. The van der Waals surface area contributed by atoms with E-state index in [9.17, 15) is 4.79 Å². The van der Waals surface area contributed by atoms with Crippen molar-refractivity contribution in [2.75, 3.05) is 19.6 Å². The average Bonchev–Trinajstić information content (AvgIpc) is 2.95. The zero-order valence-electron chi connectivity index (χ0n) is 11.4. The van der Waals surface area contributed by atoms with Crippen LogP contribution in [0.4, 0.5) is 0 Å². The van der Waals surface area contributed by atoms with Crippen LogP contribution in [0.1, 0.15) is 37.8 Å². The maximum Gasteiger partial charge on any atom is 0.236 e. The minimum absolute atomic E-state index is 0.212. The second-order valence-electron chi connectivity index (χ2n) is 4.98. The van der Waals surface area contributed by atoms with Crippen LogP contribution < -0.4 is 5.32 Å². The third kappa shape index (κ3) is 3.95. The fourth-order valence-corrected chi connectivity index (χ4v) is 2.61. The lowest BCUT2D eigenvalue weighted by atomic mass is 10.0. The van der Waals surface area contributed by atoms with Crippen LogP contribution in [0.3, 0.4) is 0 Å². The minimum Gasteiger partial charge on any atom is -0.342 e. The molecule has 1 atom stereocenters. The summed E-state index contributed by atoms with van der Waals surface area (Å²) in [5.41, 5.74) is 1.18. The summed E-state index contributed by atoms with van der Waals surface area (Å²) in [6.45, 7) is 4.37. The summed E-state index contributed by atoms with van der Waals surface area (Å²) in [6.07, 6.45) is 3.23. The predicted molar refractivity (Wildman–Crippen MR) is 78.3 cm³/mol. The SMILES string of the molecule is CCC(NCC(=O)N1CCCC1)c1ccc(Cl)cc1. The van der Waals surface area contributed by atoms with Crippen LogP contribution in [0.2, 0.25) is 5.02 Å². The first-order chi connectivity index (χ1) is 9.20. The molecule has 1 aromatic rings. The maximum atomic E-state index is 12.0. The van der Waals surface area contributed by atoms with Crippen LogP contribution in [0, 0.1) is 0 Å². The molecular formula is C15H21ClN2O. The molecule has 4 heteroatoms.